The Morgan fingerprint density at radius 1 is 1.27 bits per heavy atom. The first kappa shape index (κ1) is 17.6. The van der Waals surface area contributed by atoms with E-state index in [1.807, 2.05) is 24.4 Å². The molecule has 0 unspecified atom stereocenters. The summed E-state index contributed by atoms with van der Waals surface area (Å²) in [5, 5.41) is 5.60. The molecule has 2 aromatic heterocycles. The quantitative estimate of drug-likeness (QED) is 0.729. The maximum Gasteiger partial charge on any atom is 0.248 e. The van der Waals surface area contributed by atoms with Crippen molar-refractivity contribution in [3.63, 3.8) is 0 Å². The maximum absolute atomic E-state index is 12.9. The SMILES string of the molecule is Cc1noc(C)c1S(=O)(=O)N1CCC(c2c[nH]c3ccc(Cl)cc23)CC1. The topological polar surface area (TPSA) is 79.2 Å². The van der Waals surface area contributed by atoms with Gasteiger partial charge in [-0.25, -0.2) is 8.42 Å². The lowest BCUT2D eigenvalue weighted by Crippen LogP contribution is -2.38. The fourth-order valence-corrected chi connectivity index (χ4v) is 5.76. The van der Waals surface area contributed by atoms with Crippen molar-refractivity contribution in [1.29, 1.82) is 0 Å². The number of aryl methyl sites for hydroxylation is 2. The monoisotopic (exact) mass is 393 g/mol. The molecule has 3 aromatic rings. The Labute approximate surface area is 157 Å². The Kier molecular flexibility index (Phi) is 4.33. The zero-order valence-corrected chi connectivity index (χ0v) is 16.2. The van der Waals surface area contributed by atoms with E-state index < -0.39 is 10.0 Å². The Morgan fingerprint density at radius 3 is 2.65 bits per heavy atom. The Balaban J connectivity index is 1.56. The van der Waals surface area contributed by atoms with E-state index in [0.29, 0.717) is 35.5 Å². The van der Waals surface area contributed by atoms with E-state index in [9.17, 15) is 8.42 Å². The molecule has 8 heteroatoms. The molecule has 1 aliphatic heterocycles. The van der Waals surface area contributed by atoms with Gasteiger partial charge in [-0.3, -0.25) is 0 Å². The zero-order valence-electron chi connectivity index (χ0n) is 14.6. The summed E-state index contributed by atoms with van der Waals surface area (Å²) in [4.78, 5) is 3.48. The fourth-order valence-electron chi connectivity index (χ4n) is 3.83. The smallest absolute Gasteiger partial charge is 0.248 e. The van der Waals surface area contributed by atoms with E-state index >= 15 is 0 Å². The summed E-state index contributed by atoms with van der Waals surface area (Å²) in [6.45, 7) is 4.25. The minimum atomic E-state index is -3.57. The Hall–Kier alpha value is -1.83. The molecular formula is C18H20ClN3O3S. The van der Waals surface area contributed by atoms with Crippen molar-refractivity contribution in [2.75, 3.05) is 13.1 Å². The number of piperidine rings is 1. The Bertz CT molecular complexity index is 1040. The molecule has 1 fully saturated rings. The van der Waals surface area contributed by atoms with Crippen LogP contribution in [0.15, 0.2) is 33.8 Å². The molecule has 26 heavy (non-hydrogen) atoms. The number of aromatic amines is 1. The van der Waals surface area contributed by atoms with Gasteiger partial charge in [-0.2, -0.15) is 4.31 Å². The number of benzene rings is 1. The van der Waals surface area contributed by atoms with Crippen LogP contribution in [0.1, 0.15) is 35.8 Å². The molecule has 0 amide bonds. The van der Waals surface area contributed by atoms with Crippen molar-refractivity contribution < 1.29 is 12.9 Å². The predicted molar refractivity (Wildman–Crippen MR) is 100 cm³/mol. The lowest BCUT2D eigenvalue weighted by molar-refractivity contribution is 0.319. The summed E-state index contributed by atoms with van der Waals surface area (Å²) in [5.41, 5.74) is 2.67. The molecule has 0 spiro atoms. The van der Waals surface area contributed by atoms with Crippen LogP contribution < -0.4 is 0 Å². The van der Waals surface area contributed by atoms with Gasteiger partial charge in [0, 0.05) is 35.2 Å². The zero-order chi connectivity index (χ0) is 18.5. The van der Waals surface area contributed by atoms with E-state index in [2.05, 4.69) is 10.1 Å². The highest BCUT2D eigenvalue weighted by molar-refractivity contribution is 7.89. The molecule has 0 aliphatic carbocycles. The summed E-state index contributed by atoms with van der Waals surface area (Å²) in [7, 11) is -3.57. The largest absolute Gasteiger partial charge is 0.361 e. The Morgan fingerprint density at radius 2 is 2.00 bits per heavy atom. The molecule has 3 heterocycles. The molecule has 1 saturated heterocycles. The van der Waals surface area contributed by atoms with E-state index in [1.54, 1.807) is 13.8 Å². The van der Waals surface area contributed by atoms with Crippen LogP contribution in [-0.4, -0.2) is 36.0 Å². The molecule has 0 bridgehead atoms. The first-order valence-electron chi connectivity index (χ1n) is 8.57. The summed E-state index contributed by atoms with van der Waals surface area (Å²) in [5.74, 6) is 0.647. The molecule has 1 N–H and O–H groups in total. The van der Waals surface area contributed by atoms with Gasteiger partial charge in [0.2, 0.25) is 10.0 Å². The van der Waals surface area contributed by atoms with Gasteiger partial charge in [0.1, 0.15) is 10.6 Å². The van der Waals surface area contributed by atoms with Crippen LogP contribution in [-0.2, 0) is 10.0 Å². The average Bonchev–Trinajstić information content (AvgIpc) is 3.18. The summed E-state index contributed by atoms with van der Waals surface area (Å²) in [6.07, 6.45) is 3.55. The van der Waals surface area contributed by atoms with Crippen LogP contribution >= 0.6 is 11.6 Å². The highest BCUT2D eigenvalue weighted by Crippen LogP contribution is 2.36. The number of nitrogens with one attached hydrogen (secondary N) is 1. The molecule has 1 aliphatic rings. The predicted octanol–water partition coefficient (Wildman–Crippen LogP) is 3.99. The van der Waals surface area contributed by atoms with Gasteiger partial charge in [0.15, 0.2) is 5.76 Å². The van der Waals surface area contributed by atoms with Crippen molar-refractivity contribution in [1.82, 2.24) is 14.4 Å². The third-order valence-electron chi connectivity index (χ3n) is 5.14. The molecular weight excluding hydrogens is 374 g/mol. The van der Waals surface area contributed by atoms with Gasteiger partial charge in [-0.15, -0.1) is 0 Å². The summed E-state index contributed by atoms with van der Waals surface area (Å²) < 4.78 is 32.5. The summed E-state index contributed by atoms with van der Waals surface area (Å²) in [6, 6.07) is 5.80. The van der Waals surface area contributed by atoms with E-state index in [0.717, 1.165) is 23.7 Å². The number of aromatic nitrogens is 2. The number of nitrogens with zero attached hydrogens (tertiary/aromatic N) is 2. The minimum absolute atomic E-state index is 0.204. The molecule has 1 aromatic carbocycles. The highest BCUT2D eigenvalue weighted by atomic mass is 35.5. The molecule has 0 radical (unpaired) electrons. The molecule has 6 nitrogen and oxygen atoms in total. The maximum atomic E-state index is 12.9. The van der Waals surface area contributed by atoms with E-state index in [1.165, 1.54) is 9.87 Å². The van der Waals surface area contributed by atoms with Crippen LogP contribution in [0.25, 0.3) is 10.9 Å². The summed E-state index contributed by atoms with van der Waals surface area (Å²) >= 11 is 6.14. The second kappa shape index (κ2) is 6.40. The average molecular weight is 394 g/mol. The number of halogens is 1. The van der Waals surface area contributed by atoms with Crippen molar-refractivity contribution in [3.8, 4) is 0 Å². The van der Waals surface area contributed by atoms with Crippen LogP contribution in [0.2, 0.25) is 5.02 Å². The second-order valence-corrected chi connectivity index (χ2v) is 9.08. The fraction of sp³-hybridized carbons (Fsp3) is 0.389. The van der Waals surface area contributed by atoms with Crippen molar-refractivity contribution in [3.05, 3.63) is 46.4 Å². The molecule has 4 rings (SSSR count). The number of H-pyrrole nitrogens is 1. The third-order valence-corrected chi connectivity index (χ3v) is 7.51. The van der Waals surface area contributed by atoms with Crippen molar-refractivity contribution in [2.45, 2.75) is 37.5 Å². The van der Waals surface area contributed by atoms with Crippen LogP contribution in [0, 0.1) is 13.8 Å². The first-order chi connectivity index (χ1) is 12.4. The van der Waals surface area contributed by atoms with Gasteiger partial charge in [0.05, 0.1) is 0 Å². The second-order valence-electron chi connectivity index (χ2n) is 6.77. The van der Waals surface area contributed by atoms with Gasteiger partial charge < -0.3 is 9.51 Å². The third kappa shape index (κ3) is 2.84. The minimum Gasteiger partial charge on any atom is -0.361 e. The number of hydrogen-bond acceptors (Lipinski definition) is 4. The lowest BCUT2D eigenvalue weighted by atomic mass is 9.90. The van der Waals surface area contributed by atoms with E-state index in [4.69, 9.17) is 16.1 Å². The number of fused-ring (bicyclic) bond motifs is 1. The van der Waals surface area contributed by atoms with Crippen LogP contribution in [0.5, 0.6) is 0 Å². The number of sulfonamides is 1. The normalized spacial score (nSPS) is 17.2. The number of hydrogen-bond donors (Lipinski definition) is 1. The van der Waals surface area contributed by atoms with Crippen LogP contribution in [0.4, 0.5) is 0 Å². The van der Waals surface area contributed by atoms with Gasteiger partial charge >= 0.3 is 0 Å². The number of rotatable bonds is 3. The first-order valence-corrected chi connectivity index (χ1v) is 10.4. The standard InChI is InChI=1S/C18H20ClN3O3S/c1-11-18(12(2)25-21-11)26(23,24)22-7-5-13(6-8-22)16-10-20-17-4-3-14(19)9-15(16)17/h3-4,9-10,13,20H,5-8H2,1-2H3. The van der Waals surface area contributed by atoms with Crippen molar-refractivity contribution >= 4 is 32.5 Å². The van der Waals surface area contributed by atoms with Gasteiger partial charge in [-0.1, -0.05) is 16.8 Å². The van der Waals surface area contributed by atoms with Crippen LogP contribution in [0.3, 0.4) is 0 Å². The van der Waals surface area contributed by atoms with Gasteiger partial charge in [0.25, 0.3) is 0 Å². The molecule has 0 saturated carbocycles. The lowest BCUT2D eigenvalue weighted by Gasteiger charge is -2.31. The molecule has 138 valence electrons. The van der Waals surface area contributed by atoms with Gasteiger partial charge in [-0.05, 0) is 56.4 Å². The van der Waals surface area contributed by atoms with E-state index in [-0.39, 0.29) is 4.90 Å². The van der Waals surface area contributed by atoms with Crippen molar-refractivity contribution in [2.24, 2.45) is 0 Å². The highest BCUT2D eigenvalue weighted by Gasteiger charge is 2.34. The molecule has 0 atom stereocenters.